The highest BCUT2D eigenvalue weighted by Crippen LogP contribution is 2.48. The maximum absolute atomic E-state index is 6.38. The van der Waals surface area contributed by atoms with Crippen LogP contribution in [0.3, 0.4) is 0 Å². The highest BCUT2D eigenvalue weighted by Gasteiger charge is 2.23. The number of aromatic nitrogens is 3. The molecule has 0 spiro atoms. The Labute approximate surface area is 685 Å². The SMILES string of the molecule is c1ccc2c(c1)oc1c(-c3ccc4c(c3)c3ccccc3n4-c3ccc4sc5ccccc5c4c3)cccc12.c1ccc2c(c1)oc1ccc(-n3c4ccccc4c4cc(-c5cccc6c5sc5ccccc56)ccc43)cc12.c1ccc2c(c1)sc1ccc(-n3c4ccccc4c4cc(-c5cccc6c5sc5ccccc56)ccc43)cc12. The molecule has 5 nitrogen and oxygen atoms in total. The van der Waals surface area contributed by atoms with E-state index in [1.54, 1.807) is 0 Å². The summed E-state index contributed by atoms with van der Waals surface area (Å²) in [6.45, 7) is 0. The van der Waals surface area contributed by atoms with Gasteiger partial charge in [0.15, 0.2) is 0 Å². The number of nitrogens with zero attached hydrogens (tertiary/aromatic N) is 3. The fourth-order valence-electron chi connectivity index (χ4n) is 18.7. The fraction of sp³-hybridized carbons (Fsp3) is 0. The highest BCUT2D eigenvalue weighted by molar-refractivity contribution is 7.27. The van der Waals surface area contributed by atoms with Crippen molar-refractivity contribution in [2.75, 3.05) is 0 Å². The van der Waals surface area contributed by atoms with E-state index >= 15 is 0 Å². The van der Waals surface area contributed by atoms with Crippen LogP contribution in [-0.2, 0) is 0 Å². The Morgan fingerprint density at radius 1 is 0.171 bits per heavy atom. The summed E-state index contributed by atoms with van der Waals surface area (Å²) in [6.07, 6.45) is 0. The molecule has 0 N–H and O–H groups in total. The van der Waals surface area contributed by atoms with Gasteiger partial charge in [-0.05, 0) is 173 Å². The van der Waals surface area contributed by atoms with Crippen molar-refractivity contribution in [2.24, 2.45) is 0 Å². The number of hydrogen-bond acceptors (Lipinski definition) is 6. The molecule has 0 fully saturated rings. The first-order valence-electron chi connectivity index (χ1n) is 39.6. The minimum atomic E-state index is 0.916. The molecule has 27 rings (SSSR count). The largest absolute Gasteiger partial charge is 0.456 e. The van der Waals surface area contributed by atoms with E-state index in [1.165, 1.54) is 180 Å². The van der Waals surface area contributed by atoms with Crippen molar-refractivity contribution in [3.63, 3.8) is 0 Å². The lowest BCUT2D eigenvalue weighted by Gasteiger charge is -2.09. The zero-order chi connectivity index (χ0) is 76.5. The number of benzene rings is 18. The Morgan fingerprint density at radius 2 is 0.479 bits per heavy atom. The Morgan fingerprint density at radius 3 is 0.940 bits per heavy atom. The third-order valence-electron chi connectivity index (χ3n) is 24.0. The Balaban J connectivity index is 0.0000000980. The molecular weight excluding hydrogens is 1500 g/mol. The summed E-state index contributed by atoms with van der Waals surface area (Å²) in [4.78, 5) is 0. The summed E-state index contributed by atoms with van der Waals surface area (Å²) in [5, 5.41) is 22.8. The van der Waals surface area contributed by atoms with Gasteiger partial charge in [0.1, 0.15) is 22.3 Å². The summed E-state index contributed by atoms with van der Waals surface area (Å²) < 4.78 is 30.4. The number of hydrogen-bond donors (Lipinski definition) is 0. The molecular formula is C108H63N3O2S4. The molecule has 9 heteroatoms. The summed E-state index contributed by atoms with van der Waals surface area (Å²) >= 11 is 7.50. The first kappa shape index (κ1) is 66.3. The van der Waals surface area contributed by atoms with Gasteiger partial charge in [0, 0.05) is 157 Å². The Kier molecular flexibility index (Phi) is 14.8. The molecule has 546 valence electrons. The molecule has 9 aromatic heterocycles. The number of para-hydroxylation sites is 6. The molecule has 0 aliphatic heterocycles. The lowest BCUT2D eigenvalue weighted by molar-refractivity contribution is 0.669. The van der Waals surface area contributed by atoms with Crippen molar-refractivity contribution in [2.45, 2.75) is 0 Å². The fourth-order valence-corrected chi connectivity index (χ4v) is 23.4. The molecule has 0 atom stereocenters. The lowest BCUT2D eigenvalue weighted by Crippen LogP contribution is -1.93. The van der Waals surface area contributed by atoms with E-state index in [9.17, 15) is 0 Å². The average Bonchev–Trinajstić information content (AvgIpc) is 1.58. The molecule has 117 heavy (non-hydrogen) atoms. The zero-order valence-electron chi connectivity index (χ0n) is 62.7. The van der Waals surface area contributed by atoms with Gasteiger partial charge in [0.05, 0.1) is 33.1 Å². The van der Waals surface area contributed by atoms with Crippen LogP contribution in [0.4, 0.5) is 0 Å². The van der Waals surface area contributed by atoms with Crippen molar-refractivity contribution < 1.29 is 8.83 Å². The molecule has 0 aliphatic rings. The van der Waals surface area contributed by atoms with Crippen LogP contribution in [0.2, 0.25) is 0 Å². The molecule has 0 radical (unpaired) electrons. The molecule has 0 aliphatic carbocycles. The van der Waals surface area contributed by atoms with Crippen LogP contribution in [0.25, 0.3) is 240 Å². The highest BCUT2D eigenvalue weighted by atomic mass is 32.1. The van der Waals surface area contributed by atoms with Crippen molar-refractivity contribution >= 4 is 235 Å². The van der Waals surface area contributed by atoms with Crippen LogP contribution in [0, 0.1) is 0 Å². The normalized spacial score (nSPS) is 12.1. The van der Waals surface area contributed by atoms with Crippen molar-refractivity contribution in [1.82, 2.24) is 13.7 Å². The van der Waals surface area contributed by atoms with Crippen molar-refractivity contribution in [3.05, 3.63) is 382 Å². The van der Waals surface area contributed by atoms with E-state index in [0.29, 0.717) is 0 Å². The third kappa shape index (κ3) is 10.4. The van der Waals surface area contributed by atoms with Gasteiger partial charge in [-0.2, -0.15) is 0 Å². The first-order chi connectivity index (χ1) is 58.0. The van der Waals surface area contributed by atoms with Gasteiger partial charge < -0.3 is 22.5 Å². The topological polar surface area (TPSA) is 41.1 Å². The van der Waals surface area contributed by atoms with Gasteiger partial charge in [-0.1, -0.05) is 237 Å². The number of thiophene rings is 4. The van der Waals surface area contributed by atoms with Gasteiger partial charge in [0.2, 0.25) is 0 Å². The van der Waals surface area contributed by atoms with Crippen LogP contribution < -0.4 is 0 Å². The molecule has 0 unspecified atom stereocenters. The Bertz CT molecular complexity index is 8010. The molecule has 27 aromatic rings. The lowest BCUT2D eigenvalue weighted by atomic mass is 10.0. The van der Waals surface area contributed by atoms with E-state index in [4.69, 9.17) is 8.83 Å². The predicted octanol–water partition coefficient (Wildman–Crippen LogP) is 32.6. The summed E-state index contributed by atoms with van der Waals surface area (Å²) in [5.74, 6) is 0. The van der Waals surface area contributed by atoms with Crippen LogP contribution in [0.5, 0.6) is 0 Å². The van der Waals surface area contributed by atoms with Gasteiger partial charge in [-0.25, -0.2) is 0 Å². The van der Waals surface area contributed by atoms with E-state index in [1.807, 2.05) is 69.6 Å². The molecule has 0 bridgehead atoms. The second kappa shape index (κ2) is 26.2. The number of rotatable bonds is 6. The van der Waals surface area contributed by atoms with Gasteiger partial charge in [-0.15, -0.1) is 45.3 Å². The monoisotopic (exact) mass is 1560 g/mol. The van der Waals surface area contributed by atoms with E-state index in [2.05, 4.69) is 372 Å². The van der Waals surface area contributed by atoms with Crippen molar-refractivity contribution in [1.29, 1.82) is 0 Å². The molecule has 0 saturated heterocycles. The van der Waals surface area contributed by atoms with Gasteiger partial charge >= 0.3 is 0 Å². The first-order valence-corrected chi connectivity index (χ1v) is 42.8. The van der Waals surface area contributed by atoms with Crippen LogP contribution in [0.1, 0.15) is 0 Å². The van der Waals surface area contributed by atoms with Gasteiger partial charge in [-0.3, -0.25) is 0 Å². The quantitative estimate of drug-likeness (QED) is 0.166. The molecule has 0 saturated carbocycles. The molecule has 0 amide bonds. The number of furan rings is 2. The predicted molar refractivity (Wildman–Crippen MR) is 505 cm³/mol. The second-order valence-corrected chi connectivity index (χ2v) is 34.7. The minimum absolute atomic E-state index is 0.916. The summed E-state index contributed by atoms with van der Waals surface area (Å²) in [6, 6.07) is 139. The summed E-state index contributed by atoms with van der Waals surface area (Å²) in [5.41, 5.74) is 21.9. The second-order valence-electron chi connectivity index (χ2n) is 30.4. The third-order valence-corrected chi connectivity index (χ3v) is 28.8. The van der Waals surface area contributed by atoms with Crippen LogP contribution >= 0.6 is 45.3 Å². The standard InChI is InChI=1S/2C36H21NOS.C36H21NS2/c1-4-13-31-25(8-1)29-20-22(24-11-7-12-28-27-10-3-6-15-35(27)39-36(24)28)16-18-32(29)37(31)23-17-19-34-30(21-23)26-9-2-5-14-33(26)38-34;1-4-13-31-25(8-1)29-20-22(24-11-7-12-28-26-9-2-5-14-33(26)38-36(24)28)16-18-32(29)37(31)23-17-19-35-30(21-23)27-10-3-6-15-34(27)39-35;1-4-13-31-25(8-1)29-20-22(24-11-7-12-28-26-9-2-6-15-34(26)39-36(24)28)16-18-32(29)37(31)23-17-19-35-30(21-23)27-10-3-5-14-33(27)38-35/h3*1-21H. The maximum atomic E-state index is 6.38. The van der Waals surface area contributed by atoms with Crippen LogP contribution in [0.15, 0.2) is 391 Å². The van der Waals surface area contributed by atoms with Crippen molar-refractivity contribution in [3.8, 4) is 50.4 Å². The molecule has 9 heterocycles. The average molecular weight is 1560 g/mol. The van der Waals surface area contributed by atoms with E-state index in [0.717, 1.165) is 60.7 Å². The Hall–Kier alpha value is -14.2. The zero-order valence-corrected chi connectivity index (χ0v) is 65.9. The smallest absolute Gasteiger partial charge is 0.143 e. The minimum Gasteiger partial charge on any atom is -0.456 e. The van der Waals surface area contributed by atoms with Gasteiger partial charge in [0.25, 0.3) is 0 Å². The molecule has 18 aromatic carbocycles. The number of fused-ring (bicyclic) bond motifs is 27. The summed E-state index contributed by atoms with van der Waals surface area (Å²) in [7, 11) is 0. The van der Waals surface area contributed by atoms with E-state index in [-0.39, 0.29) is 0 Å². The van der Waals surface area contributed by atoms with Crippen LogP contribution in [-0.4, -0.2) is 13.7 Å². The van der Waals surface area contributed by atoms with E-state index < -0.39 is 0 Å². The maximum Gasteiger partial charge on any atom is 0.143 e.